The Morgan fingerprint density at radius 1 is 0.885 bits per heavy atom. The topological polar surface area (TPSA) is 34.0 Å². The first-order chi connectivity index (χ1) is 12.5. The number of carbonyl (C=O) groups excluding carboxylic acids is 1. The molecule has 2 aromatic carbocycles. The molecule has 0 aliphatic heterocycles. The number of anilines is 1. The molecule has 3 rings (SSSR count). The van der Waals surface area contributed by atoms with E-state index in [4.69, 9.17) is 0 Å². The summed E-state index contributed by atoms with van der Waals surface area (Å²) >= 11 is 0. The van der Waals surface area contributed by atoms with Gasteiger partial charge in [-0.3, -0.25) is 4.79 Å². The third-order valence-electron chi connectivity index (χ3n) is 4.35. The lowest BCUT2D eigenvalue weighted by atomic mass is 10.0. The number of ketones is 1. The molecule has 0 bridgehead atoms. The maximum Gasteiger partial charge on any atom is 0.196 e. The van der Waals surface area contributed by atoms with Crippen LogP contribution in [0.2, 0.25) is 0 Å². The zero-order chi connectivity index (χ0) is 18.7. The van der Waals surface area contributed by atoms with Crippen LogP contribution in [0.5, 0.6) is 0 Å². The summed E-state index contributed by atoms with van der Waals surface area (Å²) in [4.78, 5) is 13.2. The molecular weight excluding hydrogens is 320 g/mol. The minimum Gasteiger partial charge on any atom is -0.381 e. The lowest BCUT2D eigenvalue weighted by Crippen LogP contribution is -2.13. The highest BCUT2D eigenvalue weighted by molar-refractivity contribution is 6.14. The predicted octanol–water partition coefficient (Wildman–Crippen LogP) is 5.79. The number of hydrogen-bond donors (Lipinski definition) is 1. The third kappa shape index (κ3) is 3.57. The molecule has 3 nitrogen and oxygen atoms in total. The van der Waals surface area contributed by atoms with Crippen LogP contribution in [0.1, 0.15) is 49.7 Å². The highest BCUT2D eigenvalue weighted by atomic mass is 16.1. The first-order valence-electron chi connectivity index (χ1n) is 9.15. The normalized spacial score (nSPS) is 11.2. The smallest absolute Gasteiger partial charge is 0.196 e. The fourth-order valence-electron chi connectivity index (χ4n) is 3.17. The second kappa shape index (κ2) is 7.61. The summed E-state index contributed by atoms with van der Waals surface area (Å²) in [6.45, 7) is 8.47. The molecule has 0 saturated heterocycles. The van der Waals surface area contributed by atoms with E-state index in [1.165, 1.54) is 0 Å². The van der Waals surface area contributed by atoms with Crippen LogP contribution >= 0.6 is 0 Å². The fourth-order valence-corrected chi connectivity index (χ4v) is 3.17. The van der Waals surface area contributed by atoms with Gasteiger partial charge in [0.1, 0.15) is 0 Å². The van der Waals surface area contributed by atoms with E-state index >= 15 is 0 Å². The summed E-state index contributed by atoms with van der Waals surface area (Å²) in [5.41, 5.74) is 4.51. The Morgan fingerprint density at radius 3 is 2.00 bits per heavy atom. The van der Waals surface area contributed by atoms with Crippen LogP contribution in [-0.4, -0.2) is 16.4 Å². The zero-order valence-electron chi connectivity index (χ0n) is 15.9. The van der Waals surface area contributed by atoms with Crippen molar-refractivity contribution in [3.63, 3.8) is 0 Å². The van der Waals surface area contributed by atoms with Gasteiger partial charge in [-0.2, -0.15) is 0 Å². The number of aromatic nitrogens is 1. The van der Waals surface area contributed by atoms with Crippen molar-refractivity contribution in [2.75, 3.05) is 5.32 Å². The second-order valence-electron chi connectivity index (χ2n) is 7.13. The molecule has 0 amide bonds. The second-order valence-corrected chi connectivity index (χ2v) is 7.13. The SMILES string of the molecule is CC(C)Nc1c(C(=O)c2ccccc2)cn(C(C)C)c1-c1ccccc1. The first kappa shape index (κ1) is 18.0. The molecule has 0 saturated carbocycles. The molecule has 0 radical (unpaired) electrons. The van der Waals surface area contributed by atoms with Gasteiger partial charge in [-0.1, -0.05) is 60.7 Å². The molecule has 0 aliphatic rings. The van der Waals surface area contributed by atoms with Crippen molar-refractivity contribution in [1.82, 2.24) is 4.57 Å². The van der Waals surface area contributed by atoms with Gasteiger partial charge in [0.05, 0.1) is 16.9 Å². The molecule has 0 unspecified atom stereocenters. The Morgan fingerprint density at radius 2 is 1.46 bits per heavy atom. The van der Waals surface area contributed by atoms with Crippen LogP contribution < -0.4 is 5.32 Å². The maximum absolute atomic E-state index is 13.2. The van der Waals surface area contributed by atoms with Gasteiger partial charge in [-0.25, -0.2) is 0 Å². The molecule has 0 fully saturated rings. The van der Waals surface area contributed by atoms with E-state index in [1.807, 2.05) is 54.7 Å². The highest BCUT2D eigenvalue weighted by Gasteiger charge is 2.24. The Bertz CT molecular complexity index is 877. The number of benzene rings is 2. The monoisotopic (exact) mass is 346 g/mol. The highest BCUT2D eigenvalue weighted by Crippen LogP contribution is 2.37. The number of rotatable bonds is 6. The van der Waals surface area contributed by atoms with Crippen molar-refractivity contribution in [3.05, 3.63) is 78.0 Å². The van der Waals surface area contributed by atoms with Gasteiger partial charge in [-0.15, -0.1) is 0 Å². The standard InChI is InChI=1S/C23H26N2O/c1-16(2)24-21-20(23(26)19-13-9-6-10-14-19)15-25(17(3)4)22(21)18-11-7-5-8-12-18/h5-17,24H,1-4H3. The maximum atomic E-state index is 13.2. The Kier molecular flexibility index (Phi) is 5.27. The van der Waals surface area contributed by atoms with Crippen molar-refractivity contribution in [3.8, 4) is 11.3 Å². The molecule has 0 aliphatic carbocycles. The van der Waals surface area contributed by atoms with Crippen molar-refractivity contribution in [2.24, 2.45) is 0 Å². The Hall–Kier alpha value is -2.81. The van der Waals surface area contributed by atoms with E-state index in [0.29, 0.717) is 5.56 Å². The van der Waals surface area contributed by atoms with Gasteiger partial charge in [0.15, 0.2) is 5.78 Å². The van der Waals surface area contributed by atoms with Gasteiger partial charge >= 0.3 is 0 Å². The Balaban J connectivity index is 2.23. The summed E-state index contributed by atoms with van der Waals surface area (Å²) < 4.78 is 2.19. The number of hydrogen-bond acceptors (Lipinski definition) is 2. The van der Waals surface area contributed by atoms with Crippen LogP contribution in [0.3, 0.4) is 0 Å². The number of nitrogens with one attached hydrogen (secondary N) is 1. The summed E-state index contributed by atoms with van der Waals surface area (Å²) in [5, 5.41) is 3.52. The van der Waals surface area contributed by atoms with Crippen molar-refractivity contribution in [1.29, 1.82) is 0 Å². The molecule has 0 atom stereocenters. The van der Waals surface area contributed by atoms with E-state index in [0.717, 1.165) is 22.5 Å². The number of carbonyl (C=O) groups is 1. The lowest BCUT2D eigenvalue weighted by Gasteiger charge is -2.17. The molecular formula is C23H26N2O. The van der Waals surface area contributed by atoms with Gasteiger partial charge in [0, 0.05) is 29.4 Å². The van der Waals surface area contributed by atoms with Crippen molar-refractivity contribution < 1.29 is 4.79 Å². The summed E-state index contributed by atoms with van der Waals surface area (Å²) in [6.07, 6.45) is 1.99. The third-order valence-corrected chi connectivity index (χ3v) is 4.35. The summed E-state index contributed by atoms with van der Waals surface area (Å²) in [6, 6.07) is 20.2. The van der Waals surface area contributed by atoms with E-state index in [9.17, 15) is 4.79 Å². The lowest BCUT2D eigenvalue weighted by molar-refractivity contribution is 0.103. The quantitative estimate of drug-likeness (QED) is 0.573. The van der Waals surface area contributed by atoms with Crippen molar-refractivity contribution in [2.45, 2.75) is 39.8 Å². The van der Waals surface area contributed by atoms with Crippen LogP contribution in [0.4, 0.5) is 5.69 Å². The molecule has 1 N–H and O–H groups in total. The van der Waals surface area contributed by atoms with Gasteiger partial charge in [0.2, 0.25) is 0 Å². The van der Waals surface area contributed by atoms with E-state index < -0.39 is 0 Å². The first-order valence-corrected chi connectivity index (χ1v) is 9.15. The molecule has 1 aromatic heterocycles. The van der Waals surface area contributed by atoms with Crippen LogP contribution in [-0.2, 0) is 0 Å². The van der Waals surface area contributed by atoms with Crippen LogP contribution in [0.15, 0.2) is 66.9 Å². The largest absolute Gasteiger partial charge is 0.381 e. The van der Waals surface area contributed by atoms with E-state index in [2.05, 4.69) is 49.7 Å². The van der Waals surface area contributed by atoms with E-state index in [-0.39, 0.29) is 17.9 Å². The van der Waals surface area contributed by atoms with Crippen LogP contribution in [0, 0.1) is 0 Å². The average molecular weight is 346 g/mol. The summed E-state index contributed by atoms with van der Waals surface area (Å²) in [7, 11) is 0. The van der Waals surface area contributed by atoms with Crippen molar-refractivity contribution >= 4 is 11.5 Å². The fraction of sp³-hybridized carbons (Fsp3) is 0.261. The molecule has 3 aromatic rings. The summed E-state index contributed by atoms with van der Waals surface area (Å²) in [5.74, 6) is 0.0466. The number of nitrogens with zero attached hydrogens (tertiary/aromatic N) is 1. The molecule has 0 spiro atoms. The zero-order valence-corrected chi connectivity index (χ0v) is 15.9. The average Bonchev–Trinajstić information content (AvgIpc) is 3.01. The van der Waals surface area contributed by atoms with E-state index in [1.54, 1.807) is 0 Å². The molecule has 26 heavy (non-hydrogen) atoms. The minimum absolute atomic E-state index is 0.0466. The molecule has 3 heteroatoms. The predicted molar refractivity (Wildman–Crippen MR) is 109 cm³/mol. The van der Waals surface area contributed by atoms with Gasteiger partial charge in [-0.05, 0) is 27.7 Å². The molecule has 134 valence electrons. The van der Waals surface area contributed by atoms with Gasteiger partial charge in [0.25, 0.3) is 0 Å². The Labute approximate surface area is 155 Å². The molecule has 1 heterocycles. The van der Waals surface area contributed by atoms with Crippen LogP contribution in [0.25, 0.3) is 11.3 Å². The van der Waals surface area contributed by atoms with Gasteiger partial charge < -0.3 is 9.88 Å². The minimum atomic E-state index is 0.0466.